The molecule has 0 aliphatic heterocycles. The number of hydrogen-bond donors (Lipinski definition) is 2. The van der Waals surface area contributed by atoms with Crippen molar-refractivity contribution in [3.05, 3.63) is 35.1 Å². The lowest BCUT2D eigenvalue weighted by Gasteiger charge is -2.18. The van der Waals surface area contributed by atoms with Gasteiger partial charge in [-0.05, 0) is 43.0 Å². The van der Waals surface area contributed by atoms with Crippen molar-refractivity contribution in [3.8, 4) is 0 Å². The highest BCUT2D eigenvalue weighted by Gasteiger charge is 2.23. The molecule has 2 atom stereocenters. The summed E-state index contributed by atoms with van der Waals surface area (Å²) in [5.74, 6) is -0.162. The zero-order valence-corrected chi connectivity index (χ0v) is 8.83. The molecule has 1 unspecified atom stereocenters. The van der Waals surface area contributed by atoms with Crippen LogP contribution >= 0.6 is 0 Å². The van der Waals surface area contributed by atoms with E-state index < -0.39 is 0 Å². The predicted molar refractivity (Wildman–Crippen MR) is 57.1 cm³/mol. The Labute approximate surface area is 89.1 Å². The van der Waals surface area contributed by atoms with Crippen molar-refractivity contribution in [3.63, 3.8) is 0 Å². The number of aliphatic hydroxyl groups is 1. The fourth-order valence-electron chi connectivity index (χ4n) is 2.16. The Bertz CT molecular complexity index is 353. The van der Waals surface area contributed by atoms with Gasteiger partial charge in [-0.1, -0.05) is 6.07 Å². The number of aryl methyl sites for hydroxylation is 1. The van der Waals surface area contributed by atoms with Crippen molar-refractivity contribution >= 4 is 0 Å². The quantitative estimate of drug-likeness (QED) is 0.795. The molecular formula is C12H16FNO. The molecule has 0 amide bonds. The van der Waals surface area contributed by atoms with Crippen LogP contribution in [0.5, 0.6) is 0 Å². The fourth-order valence-corrected chi connectivity index (χ4v) is 2.16. The molecule has 0 saturated carbocycles. The van der Waals surface area contributed by atoms with Crippen LogP contribution in [-0.4, -0.2) is 17.8 Å². The summed E-state index contributed by atoms with van der Waals surface area (Å²) in [6, 6.07) is 5.32. The van der Waals surface area contributed by atoms with Crippen molar-refractivity contribution in [1.29, 1.82) is 0 Å². The van der Waals surface area contributed by atoms with E-state index in [2.05, 4.69) is 5.32 Å². The van der Waals surface area contributed by atoms with Crippen molar-refractivity contribution in [2.24, 2.45) is 0 Å². The maximum atomic E-state index is 13.0. The van der Waals surface area contributed by atoms with Crippen molar-refractivity contribution in [2.75, 3.05) is 6.61 Å². The molecule has 0 spiro atoms. The Morgan fingerprint density at radius 3 is 3.13 bits per heavy atom. The molecule has 1 aliphatic carbocycles. The standard InChI is InChI=1S/C12H16FNO/c1-8(7-15)14-12-5-2-9-6-10(13)3-4-11(9)12/h3-4,6,8,12,14-15H,2,5,7H2,1H3/t8-,12?/m0/s1. The SMILES string of the molecule is C[C@@H](CO)NC1CCc2cc(F)ccc21. The lowest BCUT2D eigenvalue weighted by molar-refractivity contribution is 0.240. The number of fused-ring (bicyclic) bond motifs is 1. The normalized spacial score (nSPS) is 21.4. The smallest absolute Gasteiger partial charge is 0.123 e. The molecule has 2 rings (SSSR count). The van der Waals surface area contributed by atoms with Gasteiger partial charge in [0.2, 0.25) is 0 Å². The van der Waals surface area contributed by atoms with Gasteiger partial charge in [-0.3, -0.25) is 0 Å². The van der Waals surface area contributed by atoms with Crippen molar-refractivity contribution in [1.82, 2.24) is 5.32 Å². The van der Waals surface area contributed by atoms with E-state index in [0.717, 1.165) is 18.4 Å². The molecule has 1 aromatic carbocycles. The molecule has 0 fully saturated rings. The first-order chi connectivity index (χ1) is 7.20. The van der Waals surface area contributed by atoms with E-state index in [0.29, 0.717) is 0 Å². The van der Waals surface area contributed by atoms with Gasteiger partial charge in [0, 0.05) is 12.1 Å². The molecule has 1 aliphatic rings. The van der Waals surface area contributed by atoms with Gasteiger partial charge in [0.05, 0.1) is 6.61 Å². The number of benzene rings is 1. The monoisotopic (exact) mass is 209 g/mol. The Morgan fingerprint density at radius 2 is 2.40 bits per heavy atom. The van der Waals surface area contributed by atoms with Crippen LogP contribution in [0.25, 0.3) is 0 Å². The van der Waals surface area contributed by atoms with E-state index in [1.54, 1.807) is 6.07 Å². The lowest BCUT2D eigenvalue weighted by Crippen LogP contribution is -2.32. The number of rotatable bonds is 3. The average molecular weight is 209 g/mol. The van der Waals surface area contributed by atoms with Gasteiger partial charge < -0.3 is 10.4 Å². The van der Waals surface area contributed by atoms with Crippen molar-refractivity contribution in [2.45, 2.75) is 31.8 Å². The molecule has 15 heavy (non-hydrogen) atoms. The second-order valence-corrected chi connectivity index (χ2v) is 4.18. The average Bonchev–Trinajstić information content (AvgIpc) is 2.60. The molecule has 2 nitrogen and oxygen atoms in total. The van der Waals surface area contributed by atoms with Gasteiger partial charge in [-0.2, -0.15) is 0 Å². The van der Waals surface area contributed by atoms with E-state index in [1.165, 1.54) is 11.6 Å². The minimum atomic E-state index is -0.162. The molecule has 0 saturated heterocycles. The van der Waals surface area contributed by atoms with Gasteiger partial charge in [-0.25, -0.2) is 4.39 Å². The first-order valence-corrected chi connectivity index (χ1v) is 5.36. The van der Waals surface area contributed by atoms with Crippen LogP contribution in [0.4, 0.5) is 4.39 Å². The van der Waals surface area contributed by atoms with Crippen molar-refractivity contribution < 1.29 is 9.50 Å². The zero-order valence-electron chi connectivity index (χ0n) is 8.83. The van der Waals surface area contributed by atoms with E-state index in [1.807, 2.05) is 13.0 Å². The molecule has 1 aromatic rings. The first kappa shape index (κ1) is 10.6. The van der Waals surface area contributed by atoms with Crippen LogP contribution in [0, 0.1) is 5.82 Å². The molecule has 0 heterocycles. The summed E-state index contributed by atoms with van der Waals surface area (Å²) in [6.07, 6.45) is 1.91. The van der Waals surface area contributed by atoms with Crippen LogP contribution < -0.4 is 5.32 Å². The minimum absolute atomic E-state index is 0.0889. The Hall–Kier alpha value is -0.930. The molecular weight excluding hydrogens is 193 g/mol. The van der Waals surface area contributed by atoms with Crippen LogP contribution in [0.2, 0.25) is 0 Å². The Kier molecular flexibility index (Phi) is 3.03. The molecule has 3 heteroatoms. The van der Waals surface area contributed by atoms with E-state index in [9.17, 15) is 4.39 Å². The zero-order chi connectivity index (χ0) is 10.8. The van der Waals surface area contributed by atoms with E-state index >= 15 is 0 Å². The summed E-state index contributed by atoms with van der Waals surface area (Å²) < 4.78 is 13.0. The second-order valence-electron chi connectivity index (χ2n) is 4.18. The number of hydrogen-bond acceptors (Lipinski definition) is 2. The predicted octanol–water partition coefficient (Wildman–Crippen LogP) is 1.78. The molecule has 82 valence electrons. The maximum absolute atomic E-state index is 13.0. The Morgan fingerprint density at radius 1 is 1.60 bits per heavy atom. The number of halogens is 1. The third-order valence-corrected chi connectivity index (χ3v) is 2.94. The highest BCUT2D eigenvalue weighted by atomic mass is 19.1. The summed E-state index contributed by atoms with van der Waals surface area (Å²) in [6.45, 7) is 2.08. The topological polar surface area (TPSA) is 32.3 Å². The highest BCUT2D eigenvalue weighted by Crippen LogP contribution is 2.31. The number of aliphatic hydroxyl groups excluding tert-OH is 1. The fraction of sp³-hybridized carbons (Fsp3) is 0.500. The third kappa shape index (κ3) is 2.19. The van der Waals surface area contributed by atoms with Crippen LogP contribution in [-0.2, 0) is 6.42 Å². The summed E-state index contributed by atoms with van der Waals surface area (Å²) in [7, 11) is 0. The third-order valence-electron chi connectivity index (χ3n) is 2.94. The lowest BCUT2D eigenvalue weighted by atomic mass is 10.1. The highest BCUT2D eigenvalue weighted by molar-refractivity contribution is 5.35. The summed E-state index contributed by atoms with van der Waals surface area (Å²) in [5.41, 5.74) is 2.27. The molecule has 0 aromatic heterocycles. The van der Waals surface area contributed by atoms with Gasteiger partial charge in [0.1, 0.15) is 5.82 Å². The summed E-state index contributed by atoms with van der Waals surface area (Å²) in [5, 5.41) is 12.3. The van der Waals surface area contributed by atoms with Gasteiger partial charge in [-0.15, -0.1) is 0 Å². The molecule has 0 bridgehead atoms. The van der Waals surface area contributed by atoms with Crippen LogP contribution in [0.1, 0.15) is 30.5 Å². The summed E-state index contributed by atoms with van der Waals surface area (Å²) >= 11 is 0. The van der Waals surface area contributed by atoms with Gasteiger partial charge >= 0.3 is 0 Å². The van der Waals surface area contributed by atoms with E-state index in [-0.39, 0.29) is 24.5 Å². The van der Waals surface area contributed by atoms with E-state index in [4.69, 9.17) is 5.11 Å². The first-order valence-electron chi connectivity index (χ1n) is 5.36. The summed E-state index contributed by atoms with van der Waals surface area (Å²) in [4.78, 5) is 0. The minimum Gasteiger partial charge on any atom is -0.395 e. The van der Waals surface area contributed by atoms with Crippen LogP contribution in [0.3, 0.4) is 0 Å². The number of nitrogens with one attached hydrogen (secondary N) is 1. The van der Waals surface area contributed by atoms with Crippen LogP contribution in [0.15, 0.2) is 18.2 Å². The van der Waals surface area contributed by atoms with Gasteiger partial charge in [0.25, 0.3) is 0 Å². The van der Waals surface area contributed by atoms with Gasteiger partial charge in [0.15, 0.2) is 0 Å². The Balaban J connectivity index is 2.14. The molecule has 0 radical (unpaired) electrons. The largest absolute Gasteiger partial charge is 0.395 e. The second kappa shape index (κ2) is 4.29. The maximum Gasteiger partial charge on any atom is 0.123 e. The molecule has 2 N–H and O–H groups in total.